The number of carbonyl (C=O) groups excluding carboxylic acids is 1. The van der Waals surface area contributed by atoms with E-state index in [9.17, 15) is 15.4 Å². The Hall–Kier alpha value is -4.80. The van der Waals surface area contributed by atoms with Crippen LogP contribution in [-0.4, -0.2) is 56.6 Å². The monoisotopic (exact) mass is 687 g/mol. The Morgan fingerprint density at radius 3 is 2.02 bits per heavy atom. The van der Waals surface area contributed by atoms with E-state index < -0.39 is 44.9 Å². The third kappa shape index (κ3) is 7.36. The highest BCUT2D eigenvalue weighted by Gasteiger charge is 2.53. The number of benzene rings is 5. The van der Waals surface area contributed by atoms with Crippen LogP contribution in [0.4, 0.5) is 0 Å². The smallest absolute Gasteiger partial charge is 0.338 e. The molecular weight excluding hydrogens is 647 g/mol. The van der Waals surface area contributed by atoms with Crippen molar-refractivity contribution in [1.82, 2.24) is 0 Å². The number of esters is 1. The minimum Gasteiger partial charge on any atom is -0.455 e. The fourth-order valence-corrected chi connectivity index (χ4v) is 11.3. The van der Waals surface area contributed by atoms with Crippen LogP contribution in [0.1, 0.15) is 36.7 Å². The summed E-state index contributed by atoms with van der Waals surface area (Å²) in [7, 11) is -3.04. The van der Waals surface area contributed by atoms with E-state index in [1.54, 1.807) is 30.3 Å². The van der Waals surface area contributed by atoms with Gasteiger partial charge in [-0.25, -0.2) is 4.79 Å². The molecule has 3 unspecified atom stereocenters. The number of hydrogen-bond donors (Lipinski definition) is 1. The van der Waals surface area contributed by atoms with Crippen molar-refractivity contribution >= 4 is 35.4 Å². The van der Waals surface area contributed by atoms with Crippen molar-refractivity contribution in [3.05, 3.63) is 155 Å². The second-order valence-electron chi connectivity index (χ2n) is 13.4. The van der Waals surface area contributed by atoms with E-state index in [-0.39, 0.29) is 18.3 Å². The highest BCUT2D eigenvalue weighted by molar-refractivity contribution is 6.99. The first kappa shape index (κ1) is 35.0. The molecule has 1 heterocycles. The third-order valence-corrected chi connectivity index (χ3v) is 14.2. The molecule has 1 fully saturated rings. The summed E-state index contributed by atoms with van der Waals surface area (Å²) in [5.74, 6) is -0.672. The van der Waals surface area contributed by atoms with E-state index in [1.165, 1.54) is 0 Å². The molecule has 0 spiro atoms. The lowest BCUT2D eigenvalue weighted by molar-refractivity contribution is -0.267. The Labute approximate surface area is 293 Å². The lowest BCUT2D eigenvalue weighted by Crippen LogP contribution is -2.68. The second kappa shape index (κ2) is 15.4. The molecule has 1 aliphatic heterocycles. The van der Waals surface area contributed by atoms with Crippen LogP contribution in [0.5, 0.6) is 0 Å². The zero-order valence-corrected chi connectivity index (χ0v) is 29.3. The van der Waals surface area contributed by atoms with Gasteiger partial charge in [0.1, 0.15) is 24.4 Å². The van der Waals surface area contributed by atoms with E-state index in [2.05, 4.69) is 55.1 Å². The number of rotatable bonds is 11. The summed E-state index contributed by atoms with van der Waals surface area (Å²) in [6.45, 7) is 6.55. The normalized spacial score (nSPS) is 20.9. The Bertz CT molecular complexity index is 1890. The van der Waals surface area contributed by atoms with Crippen molar-refractivity contribution in [2.45, 2.75) is 63.1 Å². The van der Waals surface area contributed by atoms with Gasteiger partial charge in [-0.05, 0) is 55.5 Å². The molecule has 0 radical (unpaired) electrons. The number of carbonyl (C=O) groups is 1. The van der Waals surface area contributed by atoms with E-state index in [0.717, 1.165) is 26.7 Å². The maximum Gasteiger partial charge on any atom is 0.338 e. The predicted octanol–water partition coefficient (Wildman–Crippen LogP) is 6.92. The third-order valence-electron chi connectivity index (χ3n) is 9.19. The fraction of sp³-hybridized carbons (Fsp3) is 0.275. The molecule has 5 atom stereocenters. The topological polar surface area (TPSA) is 123 Å². The number of ether oxygens (including phenoxy) is 3. The van der Waals surface area contributed by atoms with Crippen LogP contribution >= 0.6 is 0 Å². The molecule has 256 valence electrons. The molecule has 0 bridgehead atoms. The molecule has 0 saturated carbocycles. The minimum absolute atomic E-state index is 0.0490. The number of azide groups is 1. The Kier molecular flexibility index (Phi) is 10.8. The molecule has 9 nitrogen and oxygen atoms in total. The number of aliphatic hydroxyl groups is 1. The molecule has 1 aliphatic rings. The van der Waals surface area contributed by atoms with Gasteiger partial charge in [0.15, 0.2) is 6.29 Å². The second-order valence-corrected chi connectivity index (χ2v) is 17.7. The standard InChI is InChI=1S/C40H41N3O6Si/c1-40(2,3)50(32-19-9-5-10-20-32,33-21-11-6-12-22-33)47-27-34-36(44)37(49-38(45)30-16-7-4-8-17-30)35(42-43-41)39(48-34)46-26-28-23-24-29-15-13-14-18-31(29)25-28/h4-25,34-37,39,44H,26-27H2,1-3H3/t34?,35?,36-,37+,39?/m0/s1. The number of aliphatic hydroxyl groups excluding tert-OH is 1. The predicted molar refractivity (Wildman–Crippen MR) is 196 cm³/mol. The zero-order valence-electron chi connectivity index (χ0n) is 28.3. The Morgan fingerprint density at radius 2 is 1.42 bits per heavy atom. The number of nitrogens with zero attached hydrogens (tertiary/aromatic N) is 3. The van der Waals surface area contributed by atoms with Crippen LogP contribution in [0.2, 0.25) is 5.04 Å². The fourth-order valence-electron chi connectivity index (χ4n) is 6.74. The quantitative estimate of drug-likeness (QED) is 0.0529. The maximum atomic E-state index is 13.4. The van der Waals surface area contributed by atoms with Crippen LogP contribution in [0.15, 0.2) is 139 Å². The summed E-state index contributed by atoms with van der Waals surface area (Å²) < 4.78 is 25.8. The maximum absolute atomic E-state index is 13.4. The van der Waals surface area contributed by atoms with E-state index in [4.69, 9.17) is 18.6 Å². The first-order valence-corrected chi connectivity index (χ1v) is 18.6. The summed E-state index contributed by atoms with van der Waals surface area (Å²) in [5.41, 5.74) is 10.8. The van der Waals surface area contributed by atoms with Gasteiger partial charge in [-0.15, -0.1) is 0 Å². The van der Waals surface area contributed by atoms with Crippen LogP contribution in [-0.2, 0) is 25.2 Å². The zero-order chi connectivity index (χ0) is 35.1. The molecule has 0 aromatic heterocycles. The first-order chi connectivity index (χ1) is 24.2. The van der Waals surface area contributed by atoms with Crippen LogP contribution in [0, 0.1) is 0 Å². The van der Waals surface area contributed by atoms with Gasteiger partial charge in [-0.2, -0.15) is 0 Å². The van der Waals surface area contributed by atoms with Crippen LogP contribution < -0.4 is 10.4 Å². The number of hydrogen-bond acceptors (Lipinski definition) is 7. The highest BCUT2D eigenvalue weighted by atomic mass is 28.4. The van der Waals surface area contributed by atoms with Gasteiger partial charge in [0.25, 0.3) is 8.32 Å². The molecule has 5 aromatic rings. The summed E-state index contributed by atoms with van der Waals surface area (Å²) >= 11 is 0. The van der Waals surface area contributed by atoms with Gasteiger partial charge in [-0.1, -0.05) is 141 Å². The van der Waals surface area contributed by atoms with Crippen LogP contribution in [0.25, 0.3) is 21.2 Å². The molecule has 1 N–H and O–H groups in total. The van der Waals surface area contributed by atoms with E-state index >= 15 is 0 Å². The Morgan fingerprint density at radius 1 is 0.840 bits per heavy atom. The van der Waals surface area contributed by atoms with Crippen molar-refractivity contribution in [3.63, 3.8) is 0 Å². The molecule has 0 aliphatic carbocycles. The molecule has 10 heteroatoms. The molecule has 50 heavy (non-hydrogen) atoms. The first-order valence-electron chi connectivity index (χ1n) is 16.7. The number of fused-ring (bicyclic) bond motifs is 1. The molecule has 0 amide bonds. The molecule has 1 saturated heterocycles. The largest absolute Gasteiger partial charge is 0.455 e. The van der Waals surface area contributed by atoms with Crippen molar-refractivity contribution in [1.29, 1.82) is 0 Å². The van der Waals surface area contributed by atoms with Crippen molar-refractivity contribution in [2.75, 3.05) is 6.61 Å². The van der Waals surface area contributed by atoms with Gasteiger partial charge in [0, 0.05) is 4.91 Å². The van der Waals surface area contributed by atoms with Crippen molar-refractivity contribution in [3.8, 4) is 0 Å². The summed E-state index contributed by atoms with van der Waals surface area (Å²) in [6, 6.07) is 41.6. The van der Waals surface area contributed by atoms with Gasteiger partial charge < -0.3 is 23.7 Å². The Balaban J connectivity index is 1.35. The molecule has 6 rings (SSSR count). The summed E-state index contributed by atoms with van der Waals surface area (Å²) in [6.07, 6.45) is -4.86. The lowest BCUT2D eigenvalue weighted by Gasteiger charge is -2.46. The SMILES string of the molecule is CC(C)(C)[Si](OCC1OC(OCc2ccc3ccccc3c2)C(N=[N+]=[N-])[C@@H](OC(=O)c2ccccc2)[C@H]1O)(c1ccccc1)c1ccccc1. The van der Waals surface area contributed by atoms with Crippen molar-refractivity contribution in [2.24, 2.45) is 5.11 Å². The minimum atomic E-state index is -3.04. The van der Waals surface area contributed by atoms with Gasteiger partial charge in [-0.3, -0.25) is 0 Å². The van der Waals surface area contributed by atoms with Gasteiger partial charge >= 0.3 is 5.97 Å². The average Bonchev–Trinajstić information content (AvgIpc) is 3.14. The summed E-state index contributed by atoms with van der Waals surface area (Å²) in [5, 5.41) is 19.7. The molecular formula is C40H41N3O6Si. The average molecular weight is 688 g/mol. The highest BCUT2D eigenvalue weighted by Crippen LogP contribution is 2.38. The van der Waals surface area contributed by atoms with E-state index in [0.29, 0.717) is 5.56 Å². The van der Waals surface area contributed by atoms with E-state index in [1.807, 2.05) is 78.9 Å². The van der Waals surface area contributed by atoms with Gasteiger partial charge in [0.05, 0.1) is 18.8 Å². The molecule has 5 aromatic carbocycles. The van der Waals surface area contributed by atoms with Crippen LogP contribution in [0.3, 0.4) is 0 Å². The van der Waals surface area contributed by atoms with Gasteiger partial charge in [0.2, 0.25) is 0 Å². The lowest BCUT2D eigenvalue weighted by atomic mass is 9.97. The summed E-state index contributed by atoms with van der Waals surface area (Å²) in [4.78, 5) is 16.4. The van der Waals surface area contributed by atoms with Crippen molar-refractivity contribution < 1.29 is 28.5 Å².